The Labute approximate surface area is 86.3 Å². The third-order valence-electron chi connectivity index (χ3n) is 4.36. The van der Waals surface area contributed by atoms with Crippen LogP contribution in [0.1, 0.15) is 33.1 Å². The number of piperidine rings is 1. The number of hydrogen-bond acceptors (Lipinski definition) is 3. The van der Waals surface area contributed by atoms with Gasteiger partial charge >= 0.3 is 0 Å². The summed E-state index contributed by atoms with van der Waals surface area (Å²) in [7, 11) is 0. The van der Waals surface area contributed by atoms with E-state index in [0.29, 0.717) is 5.92 Å². The van der Waals surface area contributed by atoms with Crippen LogP contribution in [-0.4, -0.2) is 40.8 Å². The minimum absolute atomic E-state index is 0.271. The maximum absolute atomic E-state index is 10.5. The zero-order valence-corrected chi connectivity index (χ0v) is 9.29. The molecule has 0 aromatic carbocycles. The molecule has 0 aromatic rings. The topological polar surface area (TPSA) is 49.5 Å². The molecule has 2 aliphatic rings. The molecule has 0 spiro atoms. The summed E-state index contributed by atoms with van der Waals surface area (Å²) in [5, 5.41) is 10.5. The number of hydrogen-bond donors (Lipinski definition) is 2. The molecule has 2 atom stereocenters. The Bertz CT molecular complexity index is 223. The first kappa shape index (κ1) is 10.4. The first-order chi connectivity index (χ1) is 6.52. The molecule has 82 valence electrons. The molecule has 3 heteroatoms. The average molecular weight is 198 g/mol. The molecule has 2 rings (SSSR count). The predicted octanol–water partition coefficient (Wildman–Crippen LogP) is 0.570. The Kier molecular flexibility index (Phi) is 2.37. The quantitative estimate of drug-likeness (QED) is 0.682. The van der Waals surface area contributed by atoms with Crippen molar-refractivity contribution >= 4 is 0 Å². The molecule has 3 nitrogen and oxygen atoms in total. The normalized spacial score (nSPS) is 42.4. The van der Waals surface area contributed by atoms with Gasteiger partial charge in [0.15, 0.2) is 0 Å². The summed E-state index contributed by atoms with van der Waals surface area (Å²) in [5.74, 6) is 0.501. The maximum Gasteiger partial charge on any atom is 0.0853 e. The van der Waals surface area contributed by atoms with Crippen LogP contribution in [0.4, 0.5) is 0 Å². The molecular formula is C11H22N2O. The summed E-state index contributed by atoms with van der Waals surface area (Å²) >= 11 is 0. The maximum atomic E-state index is 10.5. The van der Waals surface area contributed by atoms with E-state index in [1.165, 1.54) is 0 Å². The highest BCUT2D eigenvalue weighted by molar-refractivity contribution is 5.19. The van der Waals surface area contributed by atoms with Gasteiger partial charge in [-0.15, -0.1) is 0 Å². The van der Waals surface area contributed by atoms with E-state index in [2.05, 4.69) is 18.7 Å². The summed E-state index contributed by atoms with van der Waals surface area (Å²) in [5.41, 5.74) is 5.36. The smallest absolute Gasteiger partial charge is 0.0853 e. The molecule has 0 aromatic heterocycles. The fourth-order valence-electron chi connectivity index (χ4n) is 2.80. The second-order valence-corrected chi connectivity index (χ2v) is 5.11. The van der Waals surface area contributed by atoms with Gasteiger partial charge in [-0.1, -0.05) is 13.8 Å². The van der Waals surface area contributed by atoms with Gasteiger partial charge in [-0.25, -0.2) is 0 Å². The molecule has 3 N–H and O–H groups in total. The molecule has 0 radical (unpaired) electrons. The van der Waals surface area contributed by atoms with Crippen molar-refractivity contribution < 1.29 is 5.11 Å². The Balaban J connectivity index is 1.99. The van der Waals surface area contributed by atoms with Gasteiger partial charge in [-0.05, 0) is 31.7 Å². The SMILES string of the molecule is CCN1CCC(O)(C2(N)CC2C)CC1. The summed E-state index contributed by atoms with van der Waals surface area (Å²) in [6, 6.07) is 0. The monoisotopic (exact) mass is 198 g/mol. The second-order valence-electron chi connectivity index (χ2n) is 5.11. The highest BCUT2D eigenvalue weighted by Gasteiger charge is 2.61. The molecular weight excluding hydrogens is 176 g/mol. The molecule has 2 fully saturated rings. The third kappa shape index (κ3) is 1.38. The van der Waals surface area contributed by atoms with Crippen molar-refractivity contribution in [3.8, 4) is 0 Å². The fourth-order valence-corrected chi connectivity index (χ4v) is 2.80. The summed E-state index contributed by atoms with van der Waals surface area (Å²) in [4.78, 5) is 2.38. The van der Waals surface area contributed by atoms with Gasteiger partial charge in [0.1, 0.15) is 0 Å². The molecule has 0 amide bonds. The zero-order chi connectivity index (χ0) is 10.4. The number of rotatable bonds is 2. The lowest BCUT2D eigenvalue weighted by atomic mass is 9.81. The first-order valence-electron chi connectivity index (χ1n) is 5.75. The Morgan fingerprint density at radius 3 is 2.29 bits per heavy atom. The largest absolute Gasteiger partial charge is 0.388 e. The number of aliphatic hydroxyl groups is 1. The van der Waals surface area contributed by atoms with Gasteiger partial charge in [0.2, 0.25) is 0 Å². The van der Waals surface area contributed by atoms with Crippen LogP contribution < -0.4 is 5.73 Å². The second kappa shape index (κ2) is 3.19. The van der Waals surface area contributed by atoms with Crippen molar-refractivity contribution in [2.75, 3.05) is 19.6 Å². The van der Waals surface area contributed by atoms with E-state index in [9.17, 15) is 5.11 Å². The lowest BCUT2D eigenvalue weighted by molar-refractivity contribution is -0.0520. The van der Waals surface area contributed by atoms with Crippen LogP contribution in [0.25, 0.3) is 0 Å². The van der Waals surface area contributed by atoms with Crippen LogP contribution in [0.2, 0.25) is 0 Å². The van der Waals surface area contributed by atoms with Crippen LogP contribution in [0, 0.1) is 5.92 Å². The standard InChI is InChI=1S/C11H22N2O/c1-3-13-6-4-10(14,5-7-13)11(12)8-9(11)2/h9,14H,3-8,12H2,1-2H3. The first-order valence-corrected chi connectivity index (χ1v) is 5.75. The summed E-state index contributed by atoms with van der Waals surface area (Å²) in [6.07, 6.45) is 2.69. The van der Waals surface area contributed by atoms with E-state index in [-0.39, 0.29) is 5.54 Å². The van der Waals surface area contributed by atoms with E-state index >= 15 is 0 Å². The molecule has 1 saturated carbocycles. The van der Waals surface area contributed by atoms with Crippen molar-refractivity contribution in [3.63, 3.8) is 0 Å². The predicted molar refractivity (Wildman–Crippen MR) is 57.0 cm³/mol. The van der Waals surface area contributed by atoms with E-state index in [1.807, 2.05) is 0 Å². The molecule has 2 unspecified atom stereocenters. The van der Waals surface area contributed by atoms with Crippen LogP contribution >= 0.6 is 0 Å². The van der Waals surface area contributed by atoms with Crippen molar-refractivity contribution in [2.45, 2.75) is 44.2 Å². The molecule has 1 heterocycles. The van der Waals surface area contributed by atoms with Crippen LogP contribution in [0.15, 0.2) is 0 Å². The van der Waals surface area contributed by atoms with Gasteiger partial charge in [-0.3, -0.25) is 0 Å². The lowest BCUT2D eigenvalue weighted by Crippen LogP contribution is -2.57. The fraction of sp³-hybridized carbons (Fsp3) is 1.00. The van der Waals surface area contributed by atoms with Gasteiger partial charge in [0.25, 0.3) is 0 Å². The Morgan fingerprint density at radius 1 is 1.43 bits per heavy atom. The number of nitrogens with two attached hydrogens (primary N) is 1. The van der Waals surface area contributed by atoms with E-state index in [1.54, 1.807) is 0 Å². The van der Waals surface area contributed by atoms with E-state index in [0.717, 1.165) is 38.9 Å². The minimum atomic E-state index is -0.585. The van der Waals surface area contributed by atoms with Gasteiger partial charge in [0.05, 0.1) is 5.60 Å². The number of likely N-dealkylation sites (tertiary alicyclic amines) is 1. The molecule has 14 heavy (non-hydrogen) atoms. The summed E-state index contributed by atoms with van der Waals surface area (Å²) < 4.78 is 0. The highest BCUT2D eigenvalue weighted by Crippen LogP contribution is 2.51. The van der Waals surface area contributed by atoms with Crippen molar-refractivity contribution in [3.05, 3.63) is 0 Å². The number of nitrogens with zero attached hydrogens (tertiary/aromatic N) is 1. The van der Waals surface area contributed by atoms with Gasteiger partial charge in [-0.2, -0.15) is 0 Å². The molecule has 1 aliphatic heterocycles. The summed E-state index contributed by atoms with van der Waals surface area (Å²) in [6.45, 7) is 7.40. The van der Waals surface area contributed by atoms with Crippen LogP contribution in [0.5, 0.6) is 0 Å². The van der Waals surface area contributed by atoms with Crippen molar-refractivity contribution in [2.24, 2.45) is 11.7 Å². The minimum Gasteiger partial charge on any atom is -0.388 e. The van der Waals surface area contributed by atoms with E-state index in [4.69, 9.17) is 5.73 Å². The highest BCUT2D eigenvalue weighted by atomic mass is 16.3. The third-order valence-corrected chi connectivity index (χ3v) is 4.36. The molecule has 1 saturated heterocycles. The lowest BCUT2D eigenvalue weighted by Gasteiger charge is -2.42. The zero-order valence-electron chi connectivity index (χ0n) is 9.29. The van der Waals surface area contributed by atoms with Crippen LogP contribution in [0.3, 0.4) is 0 Å². The molecule has 0 bridgehead atoms. The van der Waals surface area contributed by atoms with Gasteiger partial charge in [0, 0.05) is 18.6 Å². The van der Waals surface area contributed by atoms with E-state index < -0.39 is 5.60 Å². The Hall–Kier alpha value is -0.120. The Morgan fingerprint density at radius 2 is 1.93 bits per heavy atom. The molecule has 1 aliphatic carbocycles. The van der Waals surface area contributed by atoms with Gasteiger partial charge < -0.3 is 15.7 Å². The van der Waals surface area contributed by atoms with Crippen molar-refractivity contribution in [1.29, 1.82) is 0 Å². The average Bonchev–Trinajstić information content (AvgIpc) is 2.78. The van der Waals surface area contributed by atoms with Crippen molar-refractivity contribution in [1.82, 2.24) is 4.90 Å². The van der Waals surface area contributed by atoms with Crippen LogP contribution in [-0.2, 0) is 0 Å².